The van der Waals surface area contributed by atoms with Crippen LogP contribution in [0.15, 0.2) is 0 Å². The molecular weight excluding hydrogens is 336 g/mol. The SMILES string of the molecule is CC1(C)C(=O)CCC2(C)C1C(N)CC1(C)C2CC(N)C2C(N)(N)CCC21C. The van der Waals surface area contributed by atoms with Crippen LogP contribution in [0.4, 0.5) is 0 Å². The standard InChI is InChI=1S/C22H40N4O/c1-18(2)15(27)6-7-19(3)14-10-12(23)17-20(4,8-9-22(17,25)26)21(14,5)11-13(24)16(18)19/h12-14,16-17H,6-11,23-26H2,1-5H3. The summed E-state index contributed by atoms with van der Waals surface area (Å²) < 4.78 is 0. The summed E-state index contributed by atoms with van der Waals surface area (Å²) in [7, 11) is 0. The molecule has 0 aromatic rings. The van der Waals surface area contributed by atoms with Crippen molar-refractivity contribution in [1.82, 2.24) is 0 Å². The first-order chi connectivity index (χ1) is 12.2. The van der Waals surface area contributed by atoms with Crippen molar-refractivity contribution < 1.29 is 4.79 Å². The number of Topliss-reactive ketones (excluding diaryl/α,β-unsaturated/α-hetero) is 1. The first-order valence-electron chi connectivity index (χ1n) is 10.8. The number of ketones is 1. The molecule has 8 atom stereocenters. The smallest absolute Gasteiger partial charge is 0.138 e. The van der Waals surface area contributed by atoms with Crippen molar-refractivity contribution in [3.63, 3.8) is 0 Å². The molecule has 0 spiro atoms. The molecule has 4 saturated carbocycles. The molecule has 4 rings (SSSR count). The zero-order chi connectivity index (χ0) is 20.2. The molecule has 0 aromatic heterocycles. The van der Waals surface area contributed by atoms with Gasteiger partial charge in [-0.05, 0) is 60.2 Å². The molecule has 4 aliphatic rings. The number of fused-ring (bicyclic) bond motifs is 5. The van der Waals surface area contributed by atoms with Gasteiger partial charge in [0, 0.05) is 29.8 Å². The Kier molecular flexibility index (Phi) is 3.93. The van der Waals surface area contributed by atoms with E-state index in [1.807, 2.05) is 0 Å². The van der Waals surface area contributed by atoms with Gasteiger partial charge in [0.05, 0.1) is 5.66 Å². The zero-order valence-corrected chi connectivity index (χ0v) is 17.8. The molecule has 0 aliphatic heterocycles. The van der Waals surface area contributed by atoms with E-state index in [-0.39, 0.29) is 45.6 Å². The van der Waals surface area contributed by atoms with E-state index < -0.39 is 5.66 Å². The first-order valence-corrected chi connectivity index (χ1v) is 10.8. The van der Waals surface area contributed by atoms with Gasteiger partial charge in [-0.2, -0.15) is 0 Å². The highest BCUT2D eigenvalue weighted by atomic mass is 16.1. The van der Waals surface area contributed by atoms with Crippen molar-refractivity contribution in [1.29, 1.82) is 0 Å². The van der Waals surface area contributed by atoms with E-state index in [1.54, 1.807) is 0 Å². The van der Waals surface area contributed by atoms with E-state index in [2.05, 4.69) is 34.6 Å². The van der Waals surface area contributed by atoms with Gasteiger partial charge < -0.3 is 22.9 Å². The van der Waals surface area contributed by atoms with Crippen molar-refractivity contribution in [3.05, 3.63) is 0 Å². The van der Waals surface area contributed by atoms with Crippen LogP contribution in [0.1, 0.15) is 73.1 Å². The lowest BCUT2D eigenvalue weighted by Crippen LogP contribution is -2.73. The van der Waals surface area contributed by atoms with Crippen LogP contribution in [0.3, 0.4) is 0 Å². The molecule has 5 nitrogen and oxygen atoms in total. The molecule has 0 aromatic carbocycles. The Morgan fingerprint density at radius 1 is 0.852 bits per heavy atom. The minimum absolute atomic E-state index is 0.00394. The molecule has 8 unspecified atom stereocenters. The van der Waals surface area contributed by atoms with E-state index >= 15 is 0 Å². The third-order valence-electron chi connectivity index (χ3n) is 10.3. The van der Waals surface area contributed by atoms with Crippen LogP contribution in [0.5, 0.6) is 0 Å². The second-order valence-electron chi connectivity index (χ2n) is 11.9. The second-order valence-corrected chi connectivity index (χ2v) is 11.9. The van der Waals surface area contributed by atoms with Crippen LogP contribution in [0.2, 0.25) is 0 Å². The summed E-state index contributed by atoms with van der Waals surface area (Å²) in [5.74, 6) is 1.15. The largest absolute Gasteiger partial charge is 0.327 e. The van der Waals surface area contributed by atoms with Gasteiger partial charge in [0.2, 0.25) is 0 Å². The molecule has 0 amide bonds. The highest BCUT2D eigenvalue weighted by Gasteiger charge is 2.72. The molecule has 0 saturated heterocycles. The number of rotatable bonds is 0. The Morgan fingerprint density at radius 3 is 2.11 bits per heavy atom. The lowest BCUT2D eigenvalue weighted by atomic mass is 9.34. The third kappa shape index (κ3) is 2.18. The quantitative estimate of drug-likeness (QED) is 0.482. The number of hydrogen-bond acceptors (Lipinski definition) is 5. The van der Waals surface area contributed by atoms with E-state index in [9.17, 15) is 4.79 Å². The van der Waals surface area contributed by atoms with E-state index in [1.165, 1.54) is 0 Å². The van der Waals surface area contributed by atoms with Gasteiger partial charge in [-0.15, -0.1) is 0 Å². The summed E-state index contributed by atoms with van der Waals surface area (Å²) in [5.41, 5.74) is 25.9. The van der Waals surface area contributed by atoms with Gasteiger partial charge in [-0.1, -0.05) is 34.6 Å². The molecule has 27 heavy (non-hydrogen) atoms. The van der Waals surface area contributed by atoms with Crippen LogP contribution < -0.4 is 22.9 Å². The zero-order valence-electron chi connectivity index (χ0n) is 17.8. The topological polar surface area (TPSA) is 121 Å². The predicted octanol–water partition coefficient (Wildman–Crippen LogP) is 2.11. The maximum absolute atomic E-state index is 12.8. The van der Waals surface area contributed by atoms with Gasteiger partial charge >= 0.3 is 0 Å². The summed E-state index contributed by atoms with van der Waals surface area (Å²) in [6, 6.07) is 0.0333. The lowest BCUT2D eigenvalue weighted by molar-refractivity contribution is -0.212. The van der Waals surface area contributed by atoms with Crippen molar-refractivity contribution in [3.8, 4) is 0 Å². The van der Waals surface area contributed by atoms with Gasteiger partial charge in [-0.3, -0.25) is 4.79 Å². The van der Waals surface area contributed by atoms with Crippen LogP contribution in [-0.4, -0.2) is 23.5 Å². The maximum atomic E-state index is 12.8. The number of hydrogen-bond donors (Lipinski definition) is 4. The molecule has 0 bridgehead atoms. The van der Waals surface area contributed by atoms with Crippen LogP contribution >= 0.6 is 0 Å². The monoisotopic (exact) mass is 376 g/mol. The Morgan fingerprint density at radius 2 is 1.48 bits per heavy atom. The minimum Gasteiger partial charge on any atom is -0.327 e. The first kappa shape index (κ1) is 19.8. The molecule has 0 heterocycles. The van der Waals surface area contributed by atoms with Gasteiger partial charge in [0.15, 0.2) is 0 Å². The second kappa shape index (κ2) is 5.35. The number of carbonyl (C=O) groups excluding carboxylic acids is 1. The van der Waals surface area contributed by atoms with Crippen LogP contribution in [0.25, 0.3) is 0 Å². The molecule has 154 valence electrons. The fourth-order valence-corrected chi connectivity index (χ4v) is 9.21. The predicted molar refractivity (Wildman–Crippen MR) is 108 cm³/mol. The van der Waals surface area contributed by atoms with E-state index in [4.69, 9.17) is 22.9 Å². The van der Waals surface area contributed by atoms with E-state index in [0.717, 1.165) is 32.1 Å². The summed E-state index contributed by atoms with van der Waals surface area (Å²) >= 11 is 0. The van der Waals surface area contributed by atoms with Gasteiger partial charge in [0.25, 0.3) is 0 Å². The Balaban J connectivity index is 1.85. The Bertz CT molecular complexity index is 675. The number of nitrogens with two attached hydrogens (primary N) is 4. The third-order valence-corrected chi connectivity index (χ3v) is 10.3. The molecular formula is C22H40N4O. The summed E-state index contributed by atoms with van der Waals surface area (Å²) in [6.07, 6.45) is 5.30. The summed E-state index contributed by atoms with van der Waals surface area (Å²) in [4.78, 5) is 12.8. The highest BCUT2D eigenvalue weighted by molar-refractivity contribution is 5.85. The molecule has 4 aliphatic carbocycles. The average Bonchev–Trinajstić information content (AvgIpc) is 2.78. The average molecular weight is 377 g/mol. The maximum Gasteiger partial charge on any atom is 0.138 e. The Hall–Kier alpha value is -0.490. The van der Waals surface area contributed by atoms with Gasteiger partial charge in [0.1, 0.15) is 5.78 Å². The lowest BCUT2D eigenvalue weighted by Gasteiger charge is -2.71. The molecule has 4 fully saturated rings. The highest BCUT2D eigenvalue weighted by Crippen LogP contribution is 2.74. The normalized spacial score (nSPS) is 56.2. The fourth-order valence-electron chi connectivity index (χ4n) is 9.21. The number of carbonyl (C=O) groups is 1. The van der Waals surface area contributed by atoms with Crippen molar-refractivity contribution >= 4 is 5.78 Å². The summed E-state index contributed by atoms with van der Waals surface area (Å²) in [5, 5.41) is 0. The molecule has 5 heteroatoms. The fraction of sp³-hybridized carbons (Fsp3) is 0.955. The molecule has 8 N–H and O–H groups in total. The van der Waals surface area contributed by atoms with E-state index in [0.29, 0.717) is 18.1 Å². The summed E-state index contributed by atoms with van der Waals surface area (Å²) in [6.45, 7) is 11.4. The van der Waals surface area contributed by atoms with Crippen molar-refractivity contribution in [2.24, 2.45) is 62.3 Å². The van der Waals surface area contributed by atoms with Crippen LogP contribution in [0, 0.1) is 39.4 Å². The van der Waals surface area contributed by atoms with Gasteiger partial charge in [-0.25, -0.2) is 0 Å². The van der Waals surface area contributed by atoms with Crippen LogP contribution in [-0.2, 0) is 4.79 Å². The molecule has 0 radical (unpaired) electrons. The Labute approximate surface area is 164 Å². The van der Waals surface area contributed by atoms with Crippen molar-refractivity contribution in [2.45, 2.75) is 90.9 Å². The van der Waals surface area contributed by atoms with Crippen molar-refractivity contribution in [2.75, 3.05) is 0 Å². The minimum atomic E-state index is -0.689.